The Kier molecular flexibility index (Phi) is 7.84. The molecule has 1 atom stereocenters. The van der Waals surface area contributed by atoms with Gasteiger partial charge < -0.3 is 10.6 Å². The number of nitrogens with one attached hydrogen (secondary N) is 2. The summed E-state index contributed by atoms with van der Waals surface area (Å²) >= 11 is 6.01. The van der Waals surface area contributed by atoms with Crippen molar-refractivity contribution in [2.24, 2.45) is 5.92 Å². The number of sulfonamides is 1. The SMILES string of the molecule is CNc1ccc(S(=O)(=O)N2c3ccc(C(=O)NCc4ncc(C(F)(F)F)cc4Cl)cc3C3(CCS(=O)(=O)CC3)C2C2CC2)cc1. The summed E-state index contributed by atoms with van der Waals surface area (Å²) in [6.07, 6.45) is -1.96. The van der Waals surface area contributed by atoms with Gasteiger partial charge in [-0.3, -0.25) is 14.1 Å². The Balaban J connectivity index is 1.37. The highest BCUT2D eigenvalue weighted by molar-refractivity contribution is 7.93. The van der Waals surface area contributed by atoms with Gasteiger partial charge in [-0.15, -0.1) is 0 Å². The number of aromatic nitrogens is 1. The van der Waals surface area contributed by atoms with E-state index in [1.165, 1.54) is 22.5 Å². The van der Waals surface area contributed by atoms with Gasteiger partial charge in [0.2, 0.25) is 0 Å². The first-order chi connectivity index (χ1) is 21.2. The van der Waals surface area contributed by atoms with Crippen LogP contribution in [0.2, 0.25) is 5.02 Å². The summed E-state index contributed by atoms with van der Waals surface area (Å²) in [5.41, 5.74) is 0.154. The maximum absolute atomic E-state index is 14.3. The fourth-order valence-electron chi connectivity index (χ4n) is 6.53. The van der Waals surface area contributed by atoms with Crippen molar-refractivity contribution in [3.63, 3.8) is 0 Å². The summed E-state index contributed by atoms with van der Waals surface area (Å²) in [7, 11) is -5.67. The minimum atomic E-state index is -4.62. The number of nitrogens with zero attached hydrogens (tertiary/aromatic N) is 2. The number of anilines is 2. The number of carbonyl (C=O) groups is 1. The lowest BCUT2D eigenvalue weighted by Gasteiger charge is -2.41. The van der Waals surface area contributed by atoms with Crippen molar-refractivity contribution >= 4 is 48.7 Å². The number of benzene rings is 2. The molecule has 240 valence electrons. The van der Waals surface area contributed by atoms with E-state index in [1.54, 1.807) is 31.3 Å². The summed E-state index contributed by atoms with van der Waals surface area (Å²) in [5, 5.41) is 5.35. The molecule has 2 fully saturated rings. The Bertz CT molecular complexity index is 1870. The number of hydrogen-bond donors (Lipinski definition) is 2. The zero-order valence-corrected chi connectivity index (χ0v) is 26.5. The lowest BCUT2D eigenvalue weighted by Crippen LogP contribution is -2.52. The van der Waals surface area contributed by atoms with Crippen molar-refractivity contribution in [2.75, 3.05) is 28.2 Å². The molecule has 1 unspecified atom stereocenters. The lowest BCUT2D eigenvalue weighted by atomic mass is 9.70. The summed E-state index contributed by atoms with van der Waals surface area (Å²) in [4.78, 5) is 17.2. The van der Waals surface area contributed by atoms with E-state index in [0.29, 0.717) is 17.4 Å². The Hall–Kier alpha value is -3.36. The van der Waals surface area contributed by atoms with Crippen LogP contribution in [-0.2, 0) is 38.0 Å². The molecule has 1 amide bonds. The van der Waals surface area contributed by atoms with Gasteiger partial charge in [0.05, 0.1) is 51.0 Å². The molecule has 3 aliphatic rings. The van der Waals surface area contributed by atoms with E-state index in [9.17, 15) is 34.8 Å². The molecule has 3 heterocycles. The third kappa shape index (κ3) is 5.76. The third-order valence-electron chi connectivity index (χ3n) is 9.00. The van der Waals surface area contributed by atoms with E-state index in [-0.39, 0.29) is 58.0 Å². The van der Waals surface area contributed by atoms with Crippen molar-refractivity contribution < 1.29 is 34.8 Å². The van der Waals surface area contributed by atoms with Crippen LogP contribution in [0.5, 0.6) is 0 Å². The normalized spacial score (nSPS) is 20.6. The van der Waals surface area contributed by atoms with Crippen molar-refractivity contribution in [1.29, 1.82) is 0 Å². The number of halogens is 4. The van der Waals surface area contributed by atoms with E-state index in [1.807, 2.05) is 0 Å². The number of pyridine rings is 1. The highest BCUT2D eigenvalue weighted by Crippen LogP contribution is 2.59. The summed E-state index contributed by atoms with van der Waals surface area (Å²) in [5.74, 6) is -0.750. The molecule has 2 aliphatic heterocycles. The van der Waals surface area contributed by atoms with Gasteiger partial charge in [0.15, 0.2) is 0 Å². The van der Waals surface area contributed by atoms with Crippen LogP contribution in [0.3, 0.4) is 0 Å². The standard InChI is InChI=1S/C30H30ClF3N4O5S2/c1-35-21-5-7-22(8-6-21)45(42,43)38-26-9-4-19(28(39)37-17-25-24(31)15-20(16-36-25)30(32,33)34)14-23(26)29(27(38)18-2-3-18)10-12-44(40,41)13-11-29/h4-9,14-16,18,27,35H,2-3,10-13,17H2,1H3,(H,37,39). The fourth-order valence-corrected chi connectivity index (χ4v) is 10.1. The van der Waals surface area contributed by atoms with E-state index < -0.39 is 49.0 Å². The lowest BCUT2D eigenvalue weighted by molar-refractivity contribution is -0.137. The van der Waals surface area contributed by atoms with Gasteiger partial charge >= 0.3 is 6.18 Å². The van der Waals surface area contributed by atoms with Crippen molar-refractivity contribution in [2.45, 2.75) is 54.8 Å². The Morgan fingerprint density at radius 1 is 1.09 bits per heavy atom. The Morgan fingerprint density at radius 2 is 1.76 bits per heavy atom. The summed E-state index contributed by atoms with van der Waals surface area (Å²) in [6, 6.07) is 11.3. The molecule has 0 radical (unpaired) electrons. The molecule has 45 heavy (non-hydrogen) atoms. The molecule has 1 saturated carbocycles. The average molecular weight is 683 g/mol. The topological polar surface area (TPSA) is 126 Å². The van der Waals surface area contributed by atoms with Gasteiger partial charge in [0.25, 0.3) is 15.9 Å². The van der Waals surface area contributed by atoms with Gasteiger partial charge in [-0.1, -0.05) is 11.6 Å². The number of amides is 1. The first-order valence-electron chi connectivity index (χ1n) is 14.3. The van der Waals surface area contributed by atoms with Crippen LogP contribution in [0.25, 0.3) is 0 Å². The largest absolute Gasteiger partial charge is 0.417 e. The zero-order chi connectivity index (χ0) is 32.4. The van der Waals surface area contributed by atoms with Crippen molar-refractivity contribution in [3.8, 4) is 0 Å². The van der Waals surface area contributed by atoms with E-state index in [0.717, 1.165) is 24.6 Å². The first-order valence-corrected chi connectivity index (χ1v) is 18.0. The van der Waals surface area contributed by atoms with Crippen LogP contribution in [0.15, 0.2) is 59.6 Å². The van der Waals surface area contributed by atoms with Gasteiger partial charge in [0.1, 0.15) is 9.84 Å². The smallest absolute Gasteiger partial charge is 0.388 e. The predicted molar refractivity (Wildman–Crippen MR) is 164 cm³/mol. The molecule has 0 bridgehead atoms. The molecule has 1 aliphatic carbocycles. The maximum Gasteiger partial charge on any atom is 0.417 e. The minimum absolute atomic E-state index is 0.0229. The van der Waals surface area contributed by atoms with Crippen LogP contribution in [0.4, 0.5) is 24.5 Å². The number of alkyl halides is 3. The molecule has 2 aromatic carbocycles. The second kappa shape index (κ2) is 11.2. The van der Waals surface area contributed by atoms with E-state index in [4.69, 9.17) is 11.6 Å². The number of fused-ring (bicyclic) bond motifs is 2. The summed E-state index contributed by atoms with van der Waals surface area (Å²) < 4.78 is 94.2. The molecular formula is C30H30ClF3N4O5S2. The Morgan fingerprint density at radius 3 is 2.33 bits per heavy atom. The molecule has 9 nitrogen and oxygen atoms in total. The molecule has 1 spiro atoms. The van der Waals surface area contributed by atoms with Crippen LogP contribution in [0, 0.1) is 5.92 Å². The molecule has 6 rings (SSSR count). The fraction of sp³-hybridized carbons (Fsp3) is 0.400. The molecule has 15 heteroatoms. The van der Waals surface area contributed by atoms with Crippen LogP contribution in [0.1, 0.15) is 52.9 Å². The Labute approximate surface area is 264 Å². The highest BCUT2D eigenvalue weighted by atomic mass is 35.5. The van der Waals surface area contributed by atoms with E-state index in [2.05, 4.69) is 15.6 Å². The van der Waals surface area contributed by atoms with Crippen molar-refractivity contribution in [1.82, 2.24) is 10.3 Å². The predicted octanol–water partition coefficient (Wildman–Crippen LogP) is 5.16. The van der Waals surface area contributed by atoms with Crippen LogP contribution in [-0.4, -0.2) is 52.3 Å². The monoisotopic (exact) mass is 682 g/mol. The quantitative estimate of drug-likeness (QED) is 0.353. The second-order valence-corrected chi connectivity index (χ2v) is 16.3. The van der Waals surface area contributed by atoms with Gasteiger partial charge in [-0.2, -0.15) is 13.2 Å². The minimum Gasteiger partial charge on any atom is -0.388 e. The first kappa shape index (κ1) is 31.6. The number of rotatable bonds is 7. The number of carbonyl (C=O) groups excluding carboxylic acids is 1. The van der Waals surface area contributed by atoms with Gasteiger partial charge in [-0.25, -0.2) is 16.8 Å². The molecule has 3 aromatic rings. The van der Waals surface area contributed by atoms with Gasteiger partial charge in [0, 0.05) is 29.9 Å². The van der Waals surface area contributed by atoms with Gasteiger partial charge in [-0.05, 0) is 85.7 Å². The van der Waals surface area contributed by atoms with E-state index >= 15 is 0 Å². The second-order valence-electron chi connectivity index (χ2n) is 11.7. The van der Waals surface area contributed by atoms with Crippen LogP contribution < -0.4 is 14.9 Å². The maximum atomic E-state index is 14.3. The summed E-state index contributed by atoms with van der Waals surface area (Å²) in [6.45, 7) is -0.246. The zero-order valence-electron chi connectivity index (χ0n) is 24.1. The molecular weight excluding hydrogens is 653 g/mol. The third-order valence-corrected chi connectivity index (χ3v) is 12.8. The highest BCUT2D eigenvalue weighted by Gasteiger charge is 2.60. The van der Waals surface area contributed by atoms with Crippen LogP contribution >= 0.6 is 11.6 Å². The molecule has 1 aromatic heterocycles. The number of sulfone groups is 1. The molecule has 1 saturated heterocycles. The average Bonchev–Trinajstić information content (AvgIpc) is 3.80. The number of hydrogen-bond acceptors (Lipinski definition) is 7. The van der Waals surface area contributed by atoms with Crippen molar-refractivity contribution in [3.05, 3.63) is 82.1 Å². The molecule has 2 N–H and O–H groups in total.